The largest absolute Gasteiger partial charge is 0.480 e. The Morgan fingerprint density at radius 1 is 1.25 bits per heavy atom. The second kappa shape index (κ2) is 11.0. The van der Waals surface area contributed by atoms with Crippen LogP contribution in [0.5, 0.6) is 0 Å². The minimum atomic E-state index is -1.41. The zero-order valence-electron chi connectivity index (χ0n) is 13.2. The highest BCUT2D eigenvalue weighted by atomic mass is 16.5. The summed E-state index contributed by atoms with van der Waals surface area (Å²) in [4.78, 5) is 35.2. The summed E-state index contributed by atoms with van der Waals surface area (Å²) >= 11 is 0. The maximum Gasteiger partial charge on any atom is 0.328 e. The number of urea groups is 1. The number of hydrogen-bond donors (Lipinski definition) is 6. The second-order valence-electron chi connectivity index (χ2n) is 4.64. The van der Waals surface area contributed by atoms with Crippen LogP contribution in [0.4, 0.5) is 4.79 Å². The average molecular weight is 347 g/mol. The van der Waals surface area contributed by atoms with E-state index in [1.807, 2.05) is 5.32 Å². The molecule has 0 radical (unpaired) electrons. The van der Waals surface area contributed by atoms with Crippen LogP contribution in [0.15, 0.2) is 4.52 Å². The minimum absolute atomic E-state index is 0.0370. The fourth-order valence-corrected chi connectivity index (χ4v) is 1.12. The number of carboxylic acid groups (broad SMARTS) is 1. The van der Waals surface area contributed by atoms with E-state index in [0.29, 0.717) is 0 Å². The minimum Gasteiger partial charge on any atom is -0.480 e. The van der Waals surface area contributed by atoms with E-state index in [9.17, 15) is 14.4 Å². The first-order valence-corrected chi connectivity index (χ1v) is 6.75. The maximum atomic E-state index is 11.3. The molecule has 2 atom stereocenters. The van der Waals surface area contributed by atoms with Gasteiger partial charge in [0, 0.05) is 0 Å². The van der Waals surface area contributed by atoms with Crippen LogP contribution in [0.3, 0.4) is 0 Å². The molecule has 0 bridgehead atoms. The average Bonchev–Trinajstić information content (AvgIpc) is 2.97. The molecule has 1 heterocycles. The topological polar surface area (TPSA) is 201 Å². The number of hydrogen-bond acceptors (Lipinski definition) is 9. The SMILES string of the molecule is CC(C)=O.N[C@@H](CO)c1noc(CNC(=O)N[C@@H](CO)C(=O)O)n1. The van der Waals surface area contributed by atoms with Gasteiger partial charge >= 0.3 is 12.0 Å². The van der Waals surface area contributed by atoms with E-state index < -0.39 is 30.7 Å². The summed E-state index contributed by atoms with van der Waals surface area (Å²) in [6, 6.07) is -3.01. The van der Waals surface area contributed by atoms with Gasteiger partial charge in [-0.3, -0.25) is 0 Å². The number of aliphatic hydroxyl groups is 2. The van der Waals surface area contributed by atoms with Gasteiger partial charge in [-0.15, -0.1) is 0 Å². The third-order valence-electron chi connectivity index (χ3n) is 2.20. The number of ketones is 1. The summed E-state index contributed by atoms with van der Waals surface area (Å²) in [6.07, 6.45) is 0. The molecule has 0 aliphatic carbocycles. The summed E-state index contributed by atoms with van der Waals surface area (Å²) in [7, 11) is 0. The highest BCUT2D eigenvalue weighted by molar-refractivity contribution is 5.82. The van der Waals surface area contributed by atoms with Gasteiger partial charge in [0.1, 0.15) is 5.78 Å². The van der Waals surface area contributed by atoms with Crippen molar-refractivity contribution in [2.24, 2.45) is 5.73 Å². The number of carbonyl (C=O) groups is 3. The van der Waals surface area contributed by atoms with Crippen LogP contribution < -0.4 is 16.4 Å². The first-order valence-electron chi connectivity index (χ1n) is 6.75. The fourth-order valence-electron chi connectivity index (χ4n) is 1.12. The molecule has 2 amide bonds. The van der Waals surface area contributed by atoms with Crippen molar-refractivity contribution in [1.82, 2.24) is 20.8 Å². The van der Waals surface area contributed by atoms with Gasteiger partial charge in [0.25, 0.3) is 0 Å². The highest BCUT2D eigenvalue weighted by Gasteiger charge is 2.19. The quantitative estimate of drug-likeness (QED) is 0.317. The van der Waals surface area contributed by atoms with Crippen LogP contribution >= 0.6 is 0 Å². The summed E-state index contributed by atoms with van der Waals surface area (Å²) < 4.78 is 4.76. The van der Waals surface area contributed by atoms with Crippen molar-refractivity contribution in [3.63, 3.8) is 0 Å². The lowest BCUT2D eigenvalue weighted by atomic mass is 10.3. The smallest absolute Gasteiger partial charge is 0.328 e. The van der Waals surface area contributed by atoms with E-state index in [1.54, 1.807) is 0 Å². The number of aliphatic carboxylic acids is 1. The van der Waals surface area contributed by atoms with E-state index >= 15 is 0 Å². The Labute approximate surface area is 137 Å². The molecule has 24 heavy (non-hydrogen) atoms. The fraction of sp³-hybridized carbons (Fsp3) is 0.583. The standard InChI is InChI=1S/C9H15N5O6.C3H6O/c10-4(2-15)7-13-6(20-14-7)1-11-9(19)12-5(3-16)8(17)18;1-3(2)4/h4-5,15-16H,1-3,10H2,(H,17,18)(H2,11,12,19);1-2H3/t4-,5-;/m0./s1. The summed E-state index contributed by atoms with van der Waals surface area (Å²) in [5.74, 6) is -1.07. The molecule has 0 unspecified atom stereocenters. The normalized spacial score (nSPS) is 12.4. The maximum absolute atomic E-state index is 11.3. The van der Waals surface area contributed by atoms with E-state index in [-0.39, 0.29) is 30.7 Å². The predicted molar refractivity (Wildman–Crippen MR) is 78.5 cm³/mol. The van der Waals surface area contributed by atoms with Crippen molar-refractivity contribution in [1.29, 1.82) is 0 Å². The van der Waals surface area contributed by atoms with Gasteiger partial charge in [-0.25, -0.2) is 9.59 Å². The van der Waals surface area contributed by atoms with Crippen molar-refractivity contribution in [3.8, 4) is 0 Å². The molecule has 0 spiro atoms. The number of carbonyl (C=O) groups excluding carboxylic acids is 2. The number of nitrogens with zero attached hydrogens (tertiary/aromatic N) is 2. The molecule has 1 aromatic heterocycles. The molecule has 1 aromatic rings. The van der Waals surface area contributed by atoms with Crippen LogP contribution in [0.25, 0.3) is 0 Å². The monoisotopic (exact) mass is 347 g/mol. The number of aliphatic hydroxyl groups excluding tert-OH is 2. The van der Waals surface area contributed by atoms with Crippen molar-refractivity contribution >= 4 is 17.8 Å². The number of Topliss-reactive ketones (excluding diaryl/α,β-unsaturated/α-hetero) is 1. The molecular weight excluding hydrogens is 326 g/mol. The Bertz CT molecular complexity index is 544. The number of aromatic nitrogens is 2. The molecule has 12 nitrogen and oxygen atoms in total. The van der Waals surface area contributed by atoms with Crippen LogP contribution in [0.2, 0.25) is 0 Å². The second-order valence-corrected chi connectivity index (χ2v) is 4.64. The highest BCUT2D eigenvalue weighted by Crippen LogP contribution is 2.04. The van der Waals surface area contributed by atoms with E-state index in [0.717, 1.165) is 0 Å². The van der Waals surface area contributed by atoms with Crippen molar-refractivity contribution in [2.75, 3.05) is 13.2 Å². The van der Waals surface area contributed by atoms with E-state index in [1.165, 1.54) is 13.8 Å². The van der Waals surface area contributed by atoms with Gasteiger partial charge in [-0.05, 0) is 13.8 Å². The van der Waals surface area contributed by atoms with Crippen LogP contribution in [-0.2, 0) is 16.1 Å². The van der Waals surface area contributed by atoms with Crippen LogP contribution in [0, 0.1) is 0 Å². The van der Waals surface area contributed by atoms with E-state index in [2.05, 4.69) is 15.5 Å². The van der Waals surface area contributed by atoms with E-state index in [4.69, 9.17) is 25.6 Å². The lowest BCUT2D eigenvalue weighted by Gasteiger charge is -2.11. The molecule has 0 aliphatic heterocycles. The number of carboxylic acids is 1. The van der Waals surface area contributed by atoms with Gasteiger partial charge in [0.2, 0.25) is 5.89 Å². The molecule has 7 N–H and O–H groups in total. The molecule has 136 valence electrons. The zero-order chi connectivity index (χ0) is 18.7. The Kier molecular flexibility index (Phi) is 9.86. The number of nitrogens with two attached hydrogens (primary N) is 1. The summed E-state index contributed by atoms with van der Waals surface area (Å²) in [6.45, 7) is 1.80. The molecule has 1 rings (SSSR count). The summed E-state index contributed by atoms with van der Waals surface area (Å²) in [5, 5.41) is 33.9. The molecule has 0 fully saturated rings. The number of amides is 2. The van der Waals surface area contributed by atoms with Crippen molar-refractivity contribution in [2.45, 2.75) is 32.5 Å². The Morgan fingerprint density at radius 3 is 2.29 bits per heavy atom. The zero-order valence-corrected chi connectivity index (χ0v) is 13.2. The summed E-state index contributed by atoms with van der Waals surface area (Å²) in [5.41, 5.74) is 5.45. The van der Waals surface area contributed by atoms with Crippen LogP contribution in [0.1, 0.15) is 31.6 Å². The first kappa shape index (κ1) is 21.4. The van der Waals surface area contributed by atoms with Gasteiger partial charge in [-0.2, -0.15) is 4.98 Å². The molecule has 0 aromatic carbocycles. The molecular formula is C12H21N5O7. The third-order valence-corrected chi connectivity index (χ3v) is 2.20. The third kappa shape index (κ3) is 8.77. The lowest BCUT2D eigenvalue weighted by molar-refractivity contribution is -0.140. The van der Waals surface area contributed by atoms with Gasteiger partial charge in [0.15, 0.2) is 11.9 Å². The Morgan fingerprint density at radius 2 is 1.83 bits per heavy atom. The van der Waals surface area contributed by atoms with Crippen LogP contribution in [-0.4, -0.2) is 62.5 Å². The molecule has 0 saturated heterocycles. The number of nitrogens with one attached hydrogen (secondary N) is 2. The first-order chi connectivity index (χ1) is 11.2. The molecule has 12 heteroatoms. The Hall–Kier alpha value is -2.57. The van der Waals surface area contributed by atoms with Crippen molar-refractivity contribution in [3.05, 3.63) is 11.7 Å². The van der Waals surface area contributed by atoms with Crippen molar-refractivity contribution < 1.29 is 34.2 Å². The van der Waals surface area contributed by atoms with Gasteiger partial charge in [-0.1, -0.05) is 5.16 Å². The predicted octanol–water partition coefficient (Wildman–Crippen LogP) is -2.10. The van der Waals surface area contributed by atoms with Gasteiger partial charge < -0.3 is 41.0 Å². The van der Waals surface area contributed by atoms with Gasteiger partial charge in [0.05, 0.1) is 25.8 Å². The molecule has 0 saturated carbocycles. The lowest BCUT2D eigenvalue weighted by Crippen LogP contribution is -2.47. The number of rotatable bonds is 7. The Balaban J connectivity index is 0.00000118. The molecule has 0 aliphatic rings.